The smallest absolute Gasteiger partial charge is 0.415 e. The molecule has 3 aromatic carbocycles. The first-order chi connectivity index (χ1) is 19.0. The van der Waals surface area contributed by atoms with Crippen LogP contribution in [0, 0.1) is 12.8 Å². The molecule has 5 rings (SSSR count). The average molecular weight is 525 g/mol. The van der Waals surface area contributed by atoms with Crippen LogP contribution in [0.2, 0.25) is 0 Å². The van der Waals surface area contributed by atoms with Gasteiger partial charge in [-0.05, 0) is 54.5 Å². The largest absolute Gasteiger partial charge is 0.493 e. The zero-order valence-corrected chi connectivity index (χ0v) is 21.4. The molecular weight excluding hydrogens is 496 g/mol. The molecule has 1 unspecified atom stereocenters. The van der Waals surface area contributed by atoms with Gasteiger partial charge in [-0.15, -0.1) is 0 Å². The normalized spacial score (nSPS) is 15.9. The molecule has 198 valence electrons. The van der Waals surface area contributed by atoms with E-state index < -0.39 is 18.0 Å². The highest BCUT2D eigenvalue weighted by molar-refractivity contribution is 5.81. The quantitative estimate of drug-likeness (QED) is 0.308. The molecule has 8 nitrogen and oxygen atoms in total. The summed E-state index contributed by atoms with van der Waals surface area (Å²) >= 11 is 0. The summed E-state index contributed by atoms with van der Waals surface area (Å²) in [6.07, 6.45) is 1.80. The lowest BCUT2D eigenvalue weighted by Gasteiger charge is -2.14. The molecule has 1 aliphatic rings. The van der Waals surface area contributed by atoms with Crippen LogP contribution in [0.1, 0.15) is 17.0 Å². The van der Waals surface area contributed by atoms with E-state index in [1.54, 1.807) is 30.3 Å². The molecule has 1 atom stereocenters. The van der Waals surface area contributed by atoms with Crippen molar-refractivity contribution in [1.29, 1.82) is 0 Å². The van der Waals surface area contributed by atoms with Crippen molar-refractivity contribution < 1.29 is 28.6 Å². The summed E-state index contributed by atoms with van der Waals surface area (Å²) < 4.78 is 17.2. The van der Waals surface area contributed by atoms with Crippen molar-refractivity contribution in [3.63, 3.8) is 0 Å². The molecule has 1 amide bonds. The second-order valence-electron chi connectivity index (χ2n) is 9.23. The van der Waals surface area contributed by atoms with E-state index in [0.29, 0.717) is 36.0 Å². The molecule has 2 heterocycles. The number of carboxylic acids is 1. The number of aryl methyl sites for hydroxylation is 1. The second-order valence-corrected chi connectivity index (χ2v) is 9.23. The van der Waals surface area contributed by atoms with Gasteiger partial charge in [-0.1, -0.05) is 54.6 Å². The number of para-hydroxylation sites is 1. The summed E-state index contributed by atoms with van der Waals surface area (Å²) in [4.78, 5) is 30.6. The lowest BCUT2D eigenvalue weighted by Crippen LogP contribution is -2.32. The lowest BCUT2D eigenvalue weighted by molar-refractivity contribution is -0.140. The fourth-order valence-corrected chi connectivity index (χ4v) is 4.45. The van der Waals surface area contributed by atoms with Gasteiger partial charge >= 0.3 is 12.1 Å². The van der Waals surface area contributed by atoms with E-state index in [1.807, 2.05) is 67.6 Å². The van der Waals surface area contributed by atoms with E-state index in [1.165, 1.54) is 4.90 Å². The molecule has 0 bridgehead atoms. The Labute approximate surface area is 226 Å². The number of amides is 1. The summed E-state index contributed by atoms with van der Waals surface area (Å²) in [6, 6.07) is 25.9. The molecule has 1 aromatic heterocycles. The van der Waals surface area contributed by atoms with Gasteiger partial charge in [0, 0.05) is 25.1 Å². The summed E-state index contributed by atoms with van der Waals surface area (Å²) in [5.41, 5.74) is 3.17. The van der Waals surface area contributed by atoms with Gasteiger partial charge < -0.3 is 23.9 Å². The Morgan fingerprint density at radius 1 is 1.03 bits per heavy atom. The number of nitrogens with zero attached hydrogens (tertiary/aromatic N) is 2. The number of oxazole rings is 1. The van der Waals surface area contributed by atoms with Crippen LogP contribution in [0.15, 0.2) is 94.9 Å². The highest BCUT2D eigenvalue weighted by Gasteiger charge is 2.36. The molecule has 0 spiro atoms. The Bertz CT molecular complexity index is 1480. The number of ether oxygens (including phenoxy) is 2. The fraction of sp³-hybridized carbons (Fsp3) is 0.194. The number of carboxylic acid groups (broad SMARTS) is 1. The minimum atomic E-state index is -0.985. The van der Waals surface area contributed by atoms with Crippen molar-refractivity contribution in [3.8, 4) is 23.0 Å². The minimum Gasteiger partial charge on any atom is -0.493 e. The van der Waals surface area contributed by atoms with Gasteiger partial charge in [0.05, 0.1) is 18.2 Å². The van der Waals surface area contributed by atoms with E-state index >= 15 is 0 Å². The SMILES string of the molecule is Cc1oc(-c2ccccc2)nc1CCOc1cccc(C=C2CN(C(=O)Oc3ccccc3)CC2C(=O)O)c1. The first-order valence-electron chi connectivity index (χ1n) is 12.7. The molecule has 8 heteroatoms. The first kappa shape index (κ1) is 25.8. The molecule has 0 aliphatic carbocycles. The summed E-state index contributed by atoms with van der Waals surface area (Å²) in [5.74, 6) is 0.608. The molecule has 1 aliphatic heterocycles. The molecule has 0 saturated carbocycles. The number of carbonyl (C=O) groups is 2. The van der Waals surface area contributed by atoms with Crippen molar-refractivity contribution >= 4 is 18.1 Å². The molecule has 1 N–H and O–H groups in total. The van der Waals surface area contributed by atoms with E-state index in [4.69, 9.17) is 13.9 Å². The first-order valence-corrected chi connectivity index (χ1v) is 12.7. The number of rotatable bonds is 8. The van der Waals surface area contributed by atoms with Gasteiger partial charge in [0.25, 0.3) is 0 Å². The highest BCUT2D eigenvalue weighted by Crippen LogP contribution is 2.28. The van der Waals surface area contributed by atoms with Crippen LogP contribution >= 0.6 is 0 Å². The molecule has 0 radical (unpaired) electrons. The van der Waals surface area contributed by atoms with E-state index in [9.17, 15) is 14.7 Å². The Morgan fingerprint density at radius 2 is 1.74 bits per heavy atom. The van der Waals surface area contributed by atoms with E-state index in [-0.39, 0.29) is 13.1 Å². The van der Waals surface area contributed by atoms with Crippen LogP contribution in [0.5, 0.6) is 11.5 Å². The topological polar surface area (TPSA) is 102 Å². The van der Waals surface area contributed by atoms with Crippen LogP contribution in [-0.4, -0.2) is 46.7 Å². The fourth-order valence-electron chi connectivity index (χ4n) is 4.45. The third-order valence-electron chi connectivity index (χ3n) is 6.46. The summed E-state index contributed by atoms with van der Waals surface area (Å²) in [5, 5.41) is 9.77. The van der Waals surface area contributed by atoms with Crippen LogP contribution in [0.25, 0.3) is 17.5 Å². The third kappa shape index (κ3) is 6.35. The number of hydrogen-bond donors (Lipinski definition) is 1. The molecule has 4 aromatic rings. The second kappa shape index (κ2) is 11.7. The van der Waals surface area contributed by atoms with Crippen LogP contribution < -0.4 is 9.47 Å². The molecular formula is C31H28N2O6. The van der Waals surface area contributed by atoms with E-state index in [0.717, 1.165) is 22.6 Å². The highest BCUT2D eigenvalue weighted by atomic mass is 16.6. The average Bonchev–Trinajstić information content (AvgIpc) is 3.54. The Kier molecular flexibility index (Phi) is 7.73. The zero-order chi connectivity index (χ0) is 27.2. The third-order valence-corrected chi connectivity index (χ3v) is 6.46. The molecule has 1 fully saturated rings. The number of carbonyl (C=O) groups excluding carboxylic acids is 1. The number of aliphatic carboxylic acids is 1. The van der Waals surface area contributed by atoms with Gasteiger partial charge in [-0.3, -0.25) is 4.79 Å². The van der Waals surface area contributed by atoms with Gasteiger partial charge in [0.2, 0.25) is 5.89 Å². The zero-order valence-electron chi connectivity index (χ0n) is 21.4. The lowest BCUT2D eigenvalue weighted by atomic mass is 10.0. The van der Waals surface area contributed by atoms with Crippen molar-refractivity contribution in [2.24, 2.45) is 5.92 Å². The maximum Gasteiger partial charge on any atom is 0.415 e. The number of hydrogen-bond acceptors (Lipinski definition) is 6. The maximum absolute atomic E-state index is 12.6. The van der Waals surface area contributed by atoms with Crippen molar-refractivity contribution in [2.45, 2.75) is 13.3 Å². The van der Waals surface area contributed by atoms with Crippen LogP contribution in [0.4, 0.5) is 4.79 Å². The Balaban J connectivity index is 1.22. The predicted molar refractivity (Wildman–Crippen MR) is 145 cm³/mol. The van der Waals surface area contributed by atoms with Gasteiger partial charge in [-0.25, -0.2) is 9.78 Å². The molecule has 39 heavy (non-hydrogen) atoms. The Hall–Kier alpha value is -4.85. The van der Waals surface area contributed by atoms with Gasteiger partial charge in [-0.2, -0.15) is 0 Å². The van der Waals surface area contributed by atoms with E-state index in [2.05, 4.69) is 4.98 Å². The van der Waals surface area contributed by atoms with Crippen molar-refractivity contribution in [2.75, 3.05) is 19.7 Å². The van der Waals surface area contributed by atoms with Gasteiger partial charge in [0.15, 0.2) is 0 Å². The standard InChI is InChI=1S/C31H28N2O6/c1-21-28(32-29(38-21)23-10-4-2-5-11-23)15-16-37-26-14-8-9-22(18-26)17-24-19-33(20-27(24)30(34)35)31(36)39-25-12-6-3-7-13-25/h2-14,17-18,27H,15-16,19-20H2,1H3,(H,34,35). The van der Waals surface area contributed by atoms with Crippen LogP contribution in [-0.2, 0) is 11.2 Å². The minimum absolute atomic E-state index is 0.0467. The maximum atomic E-state index is 12.6. The summed E-state index contributed by atoms with van der Waals surface area (Å²) in [7, 11) is 0. The van der Waals surface area contributed by atoms with Crippen LogP contribution in [0.3, 0.4) is 0 Å². The summed E-state index contributed by atoms with van der Waals surface area (Å²) in [6.45, 7) is 2.51. The van der Waals surface area contributed by atoms with Crippen molar-refractivity contribution in [1.82, 2.24) is 9.88 Å². The van der Waals surface area contributed by atoms with Gasteiger partial charge in [0.1, 0.15) is 17.3 Å². The number of aromatic nitrogens is 1. The van der Waals surface area contributed by atoms with Crippen molar-refractivity contribution in [3.05, 3.63) is 108 Å². The number of benzene rings is 3. The monoisotopic (exact) mass is 524 g/mol. The predicted octanol–water partition coefficient (Wildman–Crippen LogP) is 5.87. The number of likely N-dealkylation sites (tertiary alicyclic amines) is 1. The Morgan fingerprint density at radius 3 is 2.49 bits per heavy atom. The molecule has 1 saturated heterocycles.